The summed E-state index contributed by atoms with van der Waals surface area (Å²) < 4.78 is 17.7. The van der Waals surface area contributed by atoms with Crippen LogP contribution >= 0.6 is 11.8 Å². The highest BCUT2D eigenvalue weighted by Gasteiger charge is 2.14. The largest absolute Gasteiger partial charge is 0.497 e. The van der Waals surface area contributed by atoms with Crippen LogP contribution in [0, 0.1) is 0 Å². The molecule has 9 heteroatoms. The van der Waals surface area contributed by atoms with Gasteiger partial charge in [-0.05, 0) is 36.4 Å². The highest BCUT2D eigenvalue weighted by Crippen LogP contribution is 2.27. The molecule has 2 aromatic carbocycles. The summed E-state index contributed by atoms with van der Waals surface area (Å²) >= 11 is 1.48. The molecule has 0 radical (unpaired) electrons. The van der Waals surface area contributed by atoms with Gasteiger partial charge in [-0.15, -0.1) is 10.2 Å². The molecule has 0 bridgehead atoms. The Bertz CT molecular complexity index is 1110. The van der Waals surface area contributed by atoms with Gasteiger partial charge in [0.25, 0.3) is 0 Å². The first-order valence-electron chi connectivity index (χ1n) is 8.81. The number of nitrogens with zero attached hydrogens (tertiary/aromatic N) is 5. The van der Waals surface area contributed by atoms with Crippen molar-refractivity contribution >= 4 is 11.8 Å². The Morgan fingerprint density at radius 1 is 0.966 bits per heavy atom. The molecule has 0 aliphatic carbocycles. The van der Waals surface area contributed by atoms with E-state index < -0.39 is 0 Å². The second-order valence-electron chi connectivity index (χ2n) is 6.13. The standard InChI is InChI=1S/C20H19N5O3S/c1-25-19(13-7-9-15(26-2)10-8-13)22-23-20(25)29-12-17-21-18(24-28-17)14-5-4-6-16(11-14)27-3/h4-11H,12H2,1-3H3. The van der Waals surface area contributed by atoms with Crippen LogP contribution in [0.5, 0.6) is 11.5 Å². The molecule has 0 aliphatic heterocycles. The average Bonchev–Trinajstić information content (AvgIpc) is 3.39. The molecule has 0 aliphatic rings. The van der Waals surface area contributed by atoms with E-state index in [0.29, 0.717) is 17.5 Å². The maximum absolute atomic E-state index is 5.38. The summed E-state index contributed by atoms with van der Waals surface area (Å²) in [5.74, 6) is 3.85. The van der Waals surface area contributed by atoms with E-state index in [2.05, 4.69) is 20.3 Å². The molecule has 0 saturated carbocycles. The number of ether oxygens (including phenoxy) is 2. The van der Waals surface area contributed by atoms with Gasteiger partial charge in [0.05, 0.1) is 20.0 Å². The van der Waals surface area contributed by atoms with E-state index in [1.165, 1.54) is 11.8 Å². The number of benzene rings is 2. The van der Waals surface area contributed by atoms with Crippen molar-refractivity contribution in [1.82, 2.24) is 24.9 Å². The maximum atomic E-state index is 5.38. The molecule has 4 rings (SSSR count). The van der Waals surface area contributed by atoms with Crippen molar-refractivity contribution in [2.45, 2.75) is 10.9 Å². The molecule has 29 heavy (non-hydrogen) atoms. The molecule has 0 fully saturated rings. The van der Waals surface area contributed by atoms with E-state index in [4.69, 9.17) is 14.0 Å². The summed E-state index contributed by atoms with van der Waals surface area (Å²) in [5.41, 5.74) is 1.80. The fraction of sp³-hybridized carbons (Fsp3) is 0.200. The van der Waals surface area contributed by atoms with Crippen molar-refractivity contribution in [3.8, 4) is 34.3 Å². The Hall–Kier alpha value is -3.33. The summed E-state index contributed by atoms with van der Waals surface area (Å²) in [5, 5.41) is 13.4. The quantitative estimate of drug-likeness (QED) is 0.426. The topological polar surface area (TPSA) is 88.1 Å². The molecule has 2 aromatic heterocycles. The van der Waals surface area contributed by atoms with E-state index >= 15 is 0 Å². The number of methoxy groups -OCH3 is 2. The first-order valence-corrected chi connectivity index (χ1v) is 9.80. The van der Waals surface area contributed by atoms with E-state index in [1.807, 2.05) is 60.1 Å². The first-order chi connectivity index (χ1) is 14.2. The van der Waals surface area contributed by atoms with Gasteiger partial charge in [0.2, 0.25) is 11.7 Å². The summed E-state index contributed by atoms with van der Waals surface area (Å²) in [6.45, 7) is 0. The third-order valence-electron chi connectivity index (χ3n) is 4.30. The number of aromatic nitrogens is 5. The zero-order chi connectivity index (χ0) is 20.2. The van der Waals surface area contributed by atoms with Crippen LogP contribution in [0.2, 0.25) is 0 Å². The van der Waals surface area contributed by atoms with Crippen LogP contribution in [0.15, 0.2) is 58.2 Å². The van der Waals surface area contributed by atoms with Crippen LogP contribution in [0.3, 0.4) is 0 Å². The summed E-state index contributed by atoms with van der Waals surface area (Å²) in [7, 11) is 5.19. The highest BCUT2D eigenvalue weighted by atomic mass is 32.2. The molecule has 8 nitrogen and oxygen atoms in total. The first kappa shape index (κ1) is 19.0. The van der Waals surface area contributed by atoms with Gasteiger partial charge < -0.3 is 18.6 Å². The van der Waals surface area contributed by atoms with Gasteiger partial charge in [-0.1, -0.05) is 29.1 Å². The average molecular weight is 409 g/mol. The van der Waals surface area contributed by atoms with Gasteiger partial charge in [-0.2, -0.15) is 4.98 Å². The van der Waals surface area contributed by atoms with E-state index in [1.54, 1.807) is 14.2 Å². The predicted octanol–water partition coefficient (Wildman–Crippen LogP) is 3.84. The van der Waals surface area contributed by atoms with Crippen molar-refractivity contribution in [2.24, 2.45) is 7.05 Å². The fourth-order valence-electron chi connectivity index (χ4n) is 2.75. The maximum Gasteiger partial charge on any atom is 0.237 e. The molecule has 0 unspecified atom stereocenters. The normalized spacial score (nSPS) is 10.9. The lowest BCUT2D eigenvalue weighted by molar-refractivity contribution is 0.391. The minimum Gasteiger partial charge on any atom is -0.497 e. The van der Waals surface area contributed by atoms with Crippen LogP contribution in [0.1, 0.15) is 5.89 Å². The predicted molar refractivity (Wildman–Crippen MR) is 109 cm³/mol. The summed E-state index contributed by atoms with van der Waals surface area (Å²) in [6, 6.07) is 15.2. The second-order valence-corrected chi connectivity index (χ2v) is 7.07. The molecular formula is C20H19N5O3S. The van der Waals surface area contributed by atoms with Gasteiger partial charge >= 0.3 is 0 Å². The zero-order valence-electron chi connectivity index (χ0n) is 16.2. The lowest BCUT2D eigenvalue weighted by Crippen LogP contribution is -1.95. The smallest absolute Gasteiger partial charge is 0.237 e. The van der Waals surface area contributed by atoms with Gasteiger partial charge in [-0.3, -0.25) is 0 Å². The fourth-order valence-corrected chi connectivity index (χ4v) is 3.50. The van der Waals surface area contributed by atoms with Crippen LogP contribution in [0.4, 0.5) is 0 Å². The minimum absolute atomic E-state index is 0.492. The van der Waals surface area contributed by atoms with Crippen molar-refractivity contribution in [3.05, 3.63) is 54.4 Å². The zero-order valence-corrected chi connectivity index (χ0v) is 17.0. The van der Waals surface area contributed by atoms with Crippen molar-refractivity contribution in [2.75, 3.05) is 14.2 Å². The molecule has 0 N–H and O–H groups in total. The van der Waals surface area contributed by atoms with Crippen LogP contribution in [0.25, 0.3) is 22.8 Å². The molecule has 0 saturated heterocycles. The van der Waals surface area contributed by atoms with Crippen LogP contribution < -0.4 is 9.47 Å². The van der Waals surface area contributed by atoms with Crippen molar-refractivity contribution in [1.29, 1.82) is 0 Å². The van der Waals surface area contributed by atoms with Gasteiger partial charge in [0.15, 0.2) is 11.0 Å². The number of hydrogen-bond acceptors (Lipinski definition) is 8. The molecule has 148 valence electrons. The highest BCUT2D eigenvalue weighted by molar-refractivity contribution is 7.98. The van der Waals surface area contributed by atoms with Gasteiger partial charge in [0, 0.05) is 18.2 Å². The summed E-state index contributed by atoms with van der Waals surface area (Å²) in [6.07, 6.45) is 0. The van der Waals surface area contributed by atoms with Crippen molar-refractivity contribution < 1.29 is 14.0 Å². The van der Waals surface area contributed by atoms with Crippen molar-refractivity contribution in [3.63, 3.8) is 0 Å². The Balaban J connectivity index is 1.46. The number of hydrogen-bond donors (Lipinski definition) is 0. The molecule has 0 amide bonds. The summed E-state index contributed by atoms with van der Waals surface area (Å²) in [4.78, 5) is 4.46. The number of rotatable bonds is 7. The molecule has 0 spiro atoms. The van der Waals surface area contributed by atoms with Gasteiger partial charge in [-0.25, -0.2) is 0 Å². The van der Waals surface area contributed by atoms with Crippen LogP contribution in [-0.2, 0) is 12.8 Å². The van der Waals surface area contributed by atoms with Crippen LogP contribution in [-0.4, -0.2) is 39.1 Å². The van der Waals surface area contributed by atoms with E-state index in [0.717, 1.165) is 33.6 Å². The Kier molecular flexibility index (Phi) is 5.48. The van der Waals surface area contributed by atoms with E-state index in [9.17, 15) is 0 Å². The molecule has 4 aromatic rings. The monoisotopic (exact) mass is 409 g/mol. The molecule has 0 atom stereocenters. The van der Waals surface area contributed by atoms with Gasteiger partial charge in [0.1, 0.15) is 11.5 Å². The SMILES string of the molecule is COc1ccc(-c2nnc(SCc3nc(-c4cccc(OC)c4)no3)n2C)cc1. The van der Waals surface area contributed by atoms with E-state index in [-0.39, 0.29) is 0 Å². The Morgan fingerprint density at radius 2 is 1.76 bits per heavy atom. The lowest BCUT2D eigenvalue weighted by Gasteiger charge is -2.04. The molecule has 2 heterocycles. The Labute approximate surface area is 171 Å². The third-order valence-corrected chi connectivity index (χ3v) is 5.31. The second kappa shape index (κ2) is 8.36. The third kappa shape index (κ3) is 4.09. The number of thioether (sulfide) groups is 1. The molecular weight excluding hydrogens is 390 g/mol. The lowest BCUT2D eigenvalue weighted by atomic mass is 10.2. The Morgan fingerprint density at radius 3 is 2.52 bits per heavy atom. The minimum atomic E-state index is 0.492.